The van der Waals surface area contributed by atoms with E-state index >= 15 is 0 Å². The van der Waals surface area contributed by atoms with E-state index in [2.05, 4.69) is 24.3 Å². The van der Waals surface area contributed by atoms with Crippen molar-refractivity contribution in [2.75, 3.05) is 27.3 Å². The van der Waals surface area contributed by atoms with Gasteiger partial charge in [0.05, 0.1) is 0 Å². The summed E-state index contributed by atoms with van der Waals surface area (Å²) in [4.78, 5) is 2.65. The maximum Gasteiger partial charge on any atom is 0.0469 e. The molecule has 3 nitrogen and oxygen atoms in total. The number of piperidine rings is 1. The maximum absolute atomic E-state index is 5.52. The largest absolute Gasteiger partial charge is 0.381 e. The third-order valence-electron chi connectivity index (χ3n) is 5.75. The van der Waals surface area contributed by atoms with E-state index in [-0.39, 0.29) is 0 Å². The molecule has 0 saturated carbocycles. The van der Waals surface area contributed by atoms with Crippen molar-refractivity contribution in [2.24, 2.45) is 11.8 Å². The highest BCUT2D eigenvalue weighted by Crippen LogP contribution is 2.41. The summed E-state index contributed by atoms with van der Waals surface area (Å²) in [6.45, 7) is 1.95. The van der Waals surface area contributed by atoms with Crippen LogP contribution in [0.15, 0.2) is 0 Å². The van der Waals surface area contributed by atoms with Gasteiger partial charge in [-0.3, -0.25) is 0 Å². The lowest BCUT2D eigenvalue weighted by Crippen LogP contribution is -2.49. The summed E-state index contributed by atoms with van der Waals surface area (Å²) < 4.78 is 5.52. The molecule has 3 rings (SSSR count). The van der Waals surface area contributed by atoms with Gasteiger partial charge in [-0.2, -0.15) is 0 Å². The van der Waals surface area contributed by atoms with Gasteiger partial charge in [-0.15, -0.1) is 0 Å². The number of rotatable bonds is 3. The fourth-order valence-corrected chi connectivity index (χ4v) is 4.68. The molecular weight excluding hydrogens is 224 g/mol. The average Bonchev–Trinajstić information content (AvgIpc) is 2.64. The lowest BCUT2D eigenvalue weighted by molar-refractivity contribution is 0.0301. The molecule has 0 aromatic carbocycles. The molecule has 0 amide bonds. The lowest BCUT2D eigenvalue weighted by atomic mass is 9.77. The van der Waals surface area contributed by atoms with Gasteiger partial charge in [0.1, 0.15) is 0 Å². The molecule has 0 spiro atoms. The summed E-state index contributed by atoms with van der Waals surface area (Å²) in [6.07, 6.45) is 8.20. The summed E-state index contributed by atoms with van der Waals surface area (Å²) >= 11 is 0. The lowest BCUT2D eigenvalue weighted by Gasteiger charge is -2.43. The minimum absolute atomic E-state index is 0.727. The Morgan fingerprint density at radius 2 is 1.61 bits per heavy atom. The fourth-order valence-electron chi connectivity index (χ4n) is 4.68. The number of hydrogen-bond acceptors (Lipinski definition) is 3. The summed E-state index contributed by atoms with van der Waals surface area (Å²) in [6, 6.07) is 2.46. The molecule has 0 radical (unpaired) electrons. The van der Waals surface area contributed by atoms with Gasteiger partial charge in [-0.25, -0.2) is 0 Å². The SMILES string of the molecule is CNC(C1CCOCC1)C1CC2CCC(C1)N2C. The first kappa shape index (κ1) is 12.9. The Hall–Kier alpha value is -0.120. The zero-order valence-corrected chi connectivity index (χ0v) is 11.9. The van der Waals surface area contributed by atoms with Crippen molar-refractivity contribution in [1.82, 2.24) is 10.2 Å². The molecule has 3 heteroatoms. The van der Waals surface area contributed by atoms with E-state index < -0.39 is 0 Å². The Balaban J connectivity index is 1.65. The normalized spacial score (nSPS) is 40.0. The molecule has 3 aliphatic heterocycles. The first-order chi connectivity index (χ1) is 8.79. The number of nitrogens with one attached hydrogen (secondary N) is 1. The van der Waals surface area contributed by atoms with Crippen LogP contribution in [-0.4, -0.2) is 50.3 Å². The molecule has 0 aromatic rings. The standard InChI is InChI=1S/C15H28N2O/c1-16-15(11-5-7-18-8-6-11)12-9-13-3-4-14(10-12)17(13)2/h11-16H,3-10H2,1-2H3. The van der Waals surface area contributed by atoms with Gasteiger partial charge in [-0.1, -0.05) is 0 Å². The fraction of sp³-hybridized carbons (Fsp3) is 1.00. The van der Waals surface area contributed by atoms with Crippen LogP contribution < -0.4 is 5.32 Å². The molecule has 3 unspecified atom stereocenters. The number of hydrogen-bond donors (Lipinski definition) is 1. The van der Waals surface area contributed by atoms with Crippen LogP contribution in [-0.2, 0) is 4.74 Å². The van der Waals surface area contributed by atoms with Crippen LogP contribution in [0.25, 0.3) is 0 Å². The predicted molar refractivity (Wildman–Crippen MR) is 73.7 cm³/mol. The molecule has 104 valence electrons. The van der Waals surface area contributed by atoms with Crippen LogP contribution in [0.2, 0.25) is 0 Å². The van der Waals surface area contributed by atoms with Gasteiger partial charge in [0, 0.05) is 31.3 Å². The Labute approximate surface area is 111 Å². The van der Waals surface area contributed by atoms with E-state index in [1.54, 1.807) is 0 Å². The summed E-state index contributed by atoms with van der Waals surface area (Å²) in [5, 5.41) is 3.65. The van der Waals surface area contributed by atoms with Crippen molar-refractivity contribution >= 4 is 0 Å². The molecule has 2 bridgehead atoms. The van der Waals surface area contributed by atoms with Crippen LogP contribution in [0, 0.1) is 11.8 Å². The van der Waals surface area contributed by atoms with E-state index in [9.17, 15) is 0 Å². The van der Waals surface area contributed by atoms with Crippen molar-refractivity contribution in [1.29, 1.82) is 0 Å². The van der Waals surface area contributed by atoms with Crippen LogP contribution in [0.4, 0.5) is 0 Å². The van der Waals surface area contributed by atoms with Gasteiger partial charge in [0.25, 0.3) is 0 Å². The first-order valence-electron chi connectivity index (χ1n) is 7.76. The van der Waals surface area contributed by atoms with Gasteiger partial charge in [0.15, 0.2) is 0 Å². The van der Waals surface area contributed by atoms with Crippen molar-refractivity contribution in [3.63, 3.8) is 0 Å². The van der Waals surface area contributed by atoms with Crippen molar-refractivity contribution in [2.45, 2.75) is 56.7 Å². The molecule has 3 atom stereocenters. The van der Waals surface area contributed by atoms with Gasteiger partial charge >= 0.3 is 0 Å². The molecule has 18 heavy (non-hydrogen) atoms. The molecule has 0 aliphatic carbocycles. The molecule has 1 N–H and O–H groups in total. The maximum atomic E-state index is 5.52. The average molecular weight is 252 g/mol. The van der Waals surface area contributed by atoms with Crippen molar-refractivity contribution in [3.05, 3.63) is 0 Å². The van der Waals surface area contributed by atoms with Crippen molar-refractivity contribution < 1.29 is 4.74 Å². The van der Waals surface area contributed by atoms with E-state index in [0.717, 1.165) is 43.2 Å². The topological polar surface area (TPSA) is 24.5 Å². The highest BCUT2D eigenvalue weighted by molar-refractivity contribution is 4.98. The monoisotopic (exact) mass is 252 g/mol. The van der Waals surface area contributed by atoms with Crippen LogP contribution in [0.5, 0.6) is 0 Å². The van der Waals surface area contributed by atoms with Gasteiger partial charge in [-0.05, 0) is 64.5 Å². The zero-order chi connectivity index (χ0) is 12.5. The van der Waals surface area contributed by atoms with E-state index in [0.29, 0.717) is 0 Å². The Kier molecular flexibility index (Phi) is 3.92. The highest BCUT2D eigenvalue weighted by atomic mass is 16.5. The predicted octanol–water partition coefficient (Wildman–Crippen LogP) is 1.87. The quantitative estimate of drug-likeness (QED) is 0.830. The third kappa shape index (κ3) is 2.33. The highest BCUT2D eigenvalue weighted by Gasteiger charge is 2.42. The van der Waals surface area contributed by atoms with E-state index in [1.807, 2.05) is 0 Å². The number of ether oxygens (including phenoxy) is 1. The van der Waals surface area contributed by atoms with E-state index in [1.165, 1.54) is 38.5 Å². The second-order valence-electron chi connectivity index (χ2n) is 6.55. The molecule has 3 aliphatic rings. The van der Waals surface area contributed by atoms with Crippen LogP contribution in [0.3, 0.4) is 0 Å². The molecule has 3 saturated heterocycles. The Morgan fingerprint density at radius 1 is 1.00 bits per heavy atom. The second kappa shape index (κ2) is 5.48. The Morgan fingerprint density at radius 3 is 2.17 bits per heavy atom. The van der Waals surface area contributed by atoms with Gasteiger partial charge < -0.3 is 15.0 Å². The first-order valence-corrected chi connectivity index (χ1v) is 7.76. The smallest absolute Gasteiger partial charge is 0.0469 e. The molecule has 0 aromatic heterocycles. The van der Waals surface area contributed by atoms with Crippen LogP contribution in [0.1, 0.15) is 38.5 Å². The summed E-state index contributed by atoms with van der Waals surface area (Å²) in [5.74, 6) is 1.74. The summed E-state index contributed by atoms with van der Waals surface area (Å²) in [7, 11) is 4.50. The third-order valence-corrected chi connectivity index (χ3v) is 5.75. The molecule has 3 fully saturated rings. The molecular formula is C15H28N2O. The number of fused-ring (bicyclic) bond motifs is 2. The van der Waals surface area contributed by atoms with E-state index in [4.69, 9.17) is 4.74 Å². The van der Waals surface area contributed by atoms with Crippen LogP contribution >= 0.6 is 0 Å². The van der Waals surface area contributed by atoms with Crippen molar-refractivity contribution in [3.8, 4) is 0 Å². The number of nitrogens with zero attached hydrogens (tertiary/aromatic N) is 1. The summed E-state index contributed by atoms with van der Waals surface area (Å²) in [5.41, 5.74) is 0. The van der Waals surface area contributed by atoms with Gasteiger partial charge in [0.2, 0.25) is 0 Å². The minimum Gasteiger partial charge on any atom is -0.381 e. The second-order valence-corrected chi connectivity index (χ2v) is 6.55. The molecule has 3 heterocycles. The minimum atomic E-state index is 0.727. The Bertz CT molecular complexity index is 264. The zero-order valence-electron chi connectivity index (χ0n) is 11.9.